The maximum absolute atomic E-state index is 12.9. The molecule has 0 saturated heterocycles. The fraction of sp³-hybridized carbons (Fsp3) is 0.300. The minimum absolute atomic E-state index is 0.170. The van der Waals surface area contributed by atoms with Gasteiger partial charge in [0.2, 0.25) is 0 Å². The van der Waals surface area contributed by atoms with Crippen molar-refractivity contribution in [2.75, 3.05) is 5.88 Å². The molecule has 0 aliphatic carbocycles. The monoisotopic (exact) mass is 249 g/mol. The van der Waals surface area contributed by atoms with Gasteiger partial charge in [-0.2, -0.15) is 0 Å². The first-order chi connectivity index (χ1) is 7.61. The summed E-state index contributed by atoms with van der Waals surface area (Å²) in [6, 6.07) is 1.77. The molecule has 2 rings (SSSR count). The SMILES string of the molecule is Fc1cc(C2=NOC(CCl)C2)cc(F)c1F. The van der Waals surface area contributed by atoms with Gasteiger partial charge in [-0.05, 0) is 12.1 Å². The molecule has 0 amide bonds. The van der Waals surface area contributed by atoms with Crippen molar-refractivity contribution >= 4 is 17.3 Å². The molecule has 0 radical (unpaired) electrons. The molecule has 16 heavy (non-hydrogen) atoms. The second-order valence-corrected chi connectivity index (χ2v) is 3.69. The Bertz CT molecular complexity index is 427. The summed E-state index contributed by atoms with van der Waals surface area (Å²) >= 11 is 5.54. The molecule has 0 bridgehead atoms. The van der Waals surface area contributed by atoms with E-state index in [9.17, 15) is 13.2 Å². The highest BCUT2D eigenvalue weighted by atomic mass is 35.5. The standard InChI is InChI=1S/C10H7ClF3NO/c11-4-6-3-9(15-16-6)5-1-7(12)10(14)8(13)2-5/h1-2,6H,3-4H2. The van der Waals surface area contributed by atoms with Crippen molar-refractivity contribution in [2.45, 2.75) is 12.5 Å². The summed E-state index contributed by atoms with van der Waals surface area (Å²) in [4.78, 5) is 4.90. The van der Waals surface area contributed by atoms with Gasteiger partial charge in [0.05, 0.1) is 11.6 Å². The van der Waals surface area contributed by atoms with E-state index in [0.29, 0.717) is 12.1 Å². The molecule has 1 unspecified atom stereocenters. The van der Waals surface area contributed by atoms with Crippen LogP contribution in [0, 0.1) is 17.5 Å². The molecule has 1 heterocycles. The Kier molecular flexibility index (Phi) is 3.05. The van der Waals surface area contributed by atoms with Gasteiger partial charge in [0.1, 0.15) is 6.10 Å². The van der Waals surface area contributed by atoms with E-state index < -0.39 is 17.5 Å². The van der Waals surface area contributed by atoms with Gasteiger partial charge < -0.3 is 4.84 Å². The number of hydrogen-bond acceptors (Lipinski definition) is 2. The van der Waals surface area contributed by atoms with E-state index in [1.54, 1.807) is 0 Å². The van der Waals surface area contributed by atoms with Crippen LogP contribution in [-0.4, -0.2) is 17.7 Å². The van der Waals surface area contributed by atoms with Gasteiger partial charge in [0.15, 0.2) is 17.5 Å². The summed E-state index contributed by atoms with van der Waals surface area (Å²) in [5, 5.41) is 3.65. The van der Waals surface area contributed by atoms with E-state index in [0.717, 1.165) is 12.1 Å². The molecule has 1 aliphatic rings. The number of hydrogen-bond donors (Lipinski definition) is 0. The molecule has 0 N–H and O–H groups in total. The molecule has 1 aromatic carbocycles. The van der Waals surface area contributed by atoms with Gasteiger partial charge in [0, 0.05) is 12.0 Å². The first kappa shape index (κ1) is 11.3. The lowest BCUT2D eigenvalue weighted by Crippen LogP contribution is -2.10. The second-order valence-electron chi connectivity index (χ2n) is 3.38. The Balaban J connectivity index is 2.29. The summed E-state index contributed by atoms with van der Waals surface area (Å²) in [6.45, 7) is 0. The quantitative estimate of drug-likeness (QED) is 0.583. The summed E-state index contributed by atoms with van der Waals surface area (Å²) in [5.41, 5.74) is 0.535. The maximum atomic E-state index is 12.9. The van der Waals surface area contributed by atoms with Gasteiger partial charge in [0.25, 0.3) is 0 Å². The minimum Gasteiger partial charge on any atom is -0.391 e. The molecule has 6 heteroatoms. The highest BCUT2D eigenvalue weighted by Crippen LogP contribution is 2.20. The Hall–Kier alpha value is -1.23. The van der Waals surface area contributed by atoms with Crippen LogP contribution in [0.5, 0.6) is 0 Å². The molecule has 0 fully saturated rings. The largest absolute Gasteiger partial charge is 0.391 e. The van der Waals surface area contributed by atoms with Crippen molar-refractivity contribution < 1.29 is 18.0 Å². The van der Waals surface area contributed by atoms with Crippen LogP contribution in [-0.2, 0) is 4.84 Å². The van der Waals surface area contributed by atoms with Crippen molar-refractivity contribution in [3.05, 3.63) is 35.1 Å². The Labute approximate surface area is 94.6 Å². The summed E-state index contributed by atoms with van der Waals surface area (Å²) < 4.78 is 38.6. The Morgan fingerprint density at radius 1 is 1.31 bits per heavy atom. The zero-order valence-corrected chi connectivity index (χ0v) is 8.77. The van der Waals surface area contributed by atoms with E-state index in [2.05, 4.69) is 5.16 Å². The number of nitrogens with zero attached hydrogens (tertiary/aromatic N) is 1. The van der Waals surface area contributed by atoms with E-state index >= 15 is 0 Å². The Morgan fingerprint density at radius 3 is 2.44 bits per heavy atom. The third-order valence-electron chi connectivity index (χ3n) is 2.22. The van der Waals surface area contributed by atoms with Crippen LogP contribution >= 0.6 is 11.6 Å². The minimum atomic E-state index is -1.49. The van der Waals surface area contributed by atoms with Crippen molar-refractivity contribution in [1.82, 2.24) is 0 Å². The van der Waals surface area contributed by atoms with Crippen LogP contribution in [0.1, 0.15) is 12.0 Å². The summed E-state index contributed by atoms with van der Waals surface area (Å²) in [5.74, 6) is -3.74. The van der Waals surface area contributed by atoms with Crippen LogP contribution in [0.15, 0.2) is 17.3 Å². The molecule has 1 atom stereocenters. The van der Waals surface area contributed by atoms with Crippen molar-refractivity contribution in [2.24, 2.45) is 5.16 Å². The molecular formula is C10H7ClF3NO. The number of alkyl halides is 1. The molecule has 0 aromatic heterocycles. The molecule has 0 saturated carbocycles. The van der Waals surface area contributed by atoms with Crippen LogP contribution in [0.25, 0.3) is 0 Å². The maximum Gasteiger partial charge on any atom is 0.194 e. The summed E-state index contributed by atoms with van der Waals surface area (Å²) in [6.07, 6.45) is 0.0569. The molecule has 1 aromatic rings. The lowest BCUT2D eigenvalue weighted by atomic mass is 10.1. The van der Waals surface area contributed by atoms with E-state index in [1.165, 1.54) is 0 Å². The first-order valence-electron chi connectivity index (χ1n) is 4.55. The predicted octanol–water partition coefficient (Wildman–Crippen LogP) is 2.84. The van der Waals surface area contributed by atoms with Crippen molar-refractivity contribution in [1.29, 1.82) is 0 Å². The number of oxime groups is 1. The highest BCUT2D eigenvalue weighted by molar-refractivity contribution is 6.18. The predicted molar refractivity (Wildman–Crippen MR) is 53.1 cm³/mol. The van der Waals surface area contributed by atoms with E-state index in [4.69, 9.17) is 16.4 Å². The molecule has 0 spiro atoms. The number of rotatable bonds is 2. The average molecular weight is 250 g/mol. The van der Waals surface area contributed by atoms with Crippen LogP contribution in [0.4, 0.5) is 13.2 Å². The van der Waals surface area contributed by atoms with Crippen molar-refractivity contribution in [3.63, 3.8) is 0 Å². The average Bonchev–Trinajstić information content (AvgIpc) is 2.73. The molecule has 1 aliphatic heterocycles. The second kappa shape index (κ2) is 4.33. The lowest BCUT2D eigenvalue weighted by Gasteiger charge is -2.02. The third-order valence-corrected chi connectivity index (χ3v) is 2.57. The zero-order chi connectivity index (χ0) is 11.7. The smallest absolute Gasteiger partial charge is 0.194 e. The lowest BCUT2D eigenvalue weighted by molar-refractivity contribution is 0.102. The fourth-order valence-electron chi connectivity index (χ4n) is 1.40. The van der Waals surface area contributed by atoms with E-state index in [-0.39, 0.29) is 17.5 Å². The number of halogens is 4. The third kappa shape index (κ3) is 2.00. The molecule has 86 valence electrons. The van der Waals surface area contributed by atoms with Crippen LogP contribution < -0.4 is 0 Å². The molecular weight excluding hydrogens is 243 g/mol. The van der Waals surface area contributed by atoms with Gasteiger partial charge in [-0.3, -0.25) is 0 Å². The normalized spacial score (nSPS) is 19.5. The highest BCUT2D eigenvalue weighted by Gasteiger charge is 2.23. The van der Waals surface area contributed by atoms with E-state index in [1.807, 2.05) is 0 Å². The van der Waals surface area contributed by atoms with Gasteiger partial charge in [-0.15, -0.1) is 11.6 Å². The topological polar surface area (TPSA) is 21.6 Å². The van der Waals surface area contributed by atoms with Crippen molar-refractivity contribution in [3.8, 4) is 0 Å². The molecule has 2 nitrogen and oxygen atoms in total. The van der Waals surface area contributed by atoms with Gasteiger partial charge in [-0.1, -0.05) is 5.16 Å². The van der Waals surface area contributed by atoms with Gasteiger partial charge in [-0.25, -0.2) is 13.2 Å². The zero-order valence-electron chi connectivity index (χ0n) is 8.01. The van der Waals surface area contributed by atoms with Crippen LogP contribution in [0.2, 0.25) is 0 Å². The Morgan fingerprint density at radius 2 is 1.94 bits per heavy atom. The summed E-state index contributed by atoms with van der Waals surface area (Å²) in [7, 11) is 0. The van der Waals surface area contributed by atoms with Gasteiger partial charge >= 0.3 is 0 Å². The van der Waals surface area contributed by atoms with Crippen LogP contribution in [0.3, 0.4) is 0 Å². The number of benzene rings is 1. The fourth-order valence-corrected chi connectivity index (χ4v) is 1.57. The first-order valence-corrected chi connectivity index (χ1v) is 5.09.